The van der Waals surface area contributed by atoms with Crippen LogP contribution >= 0.6 is 31.9 Å². The Labute approximate surface area is 141 Å². The maximum Gasteiger partial charge on any atom is 0.257 e. The molecule has 1 aromatic rings. The third kappa shape index (κ3) is 6.46. The van der Waals surface area contributed by atoms with E-state index in [0.717, 1.165) is 27.6 Å². The number of carbonyl (C=O) groups is 1. The molecule has 0 heterocycles. The van der Waals surface area contributed by atoms with Crippen LogP contribution in [0.5, 0.6) is 5.75 Å². The van der Waals surface area contributed by atoms with E-state index in [-0.39, 0.29) is 18.9 Å². The van der Waals surface area contributed by atoms with Crippen molar-refractivity contribution in [3.8, 4) is 11.8 Å². The summed E-state index contributed by atoms with van der Waals surface area (Å²) in [5, 5.41) is 14.2. The number of rotatable bonds is 8. The van der Waals surface area contributed by atoms with Gasteiger partial charge in [-0.3, -0.25) is 4.79 Å². The van der Waals surface area contributed by atoms with E-state index < -0.39 is 0 Å². The summed E-state index contributed by atoms with van der Waals surface area (Å²) in [4.78, 5) is 11.5. The van der Waals surface area contributed by atoms with Crippen molar-refractivity contribution in [3.63, 3.8) is 0 Å². The molecule has 1 amide bonds. The van der Waals surface area contributed by atoms with Crippen molar-refractivity contribution < 1.29 is 9.53 Å². The van der Waals surface area contributed by atoms with Gasteiger partial charge in [-0.25, -0.2) is 0 Å². The molecule has 5 nitrogen and oxygen atoms in total. The Kier molecular flexibility index (Phi) is 8.35. The molecule has 0 saturated heterocycles. The SMILES string of the molecule is CCNCc1cc(Br)c(OCC(=O)NCCC#N)c(Br)c1. The van der Waals surface area contributed by atoms with Crippen LogP contribution in [0.4, 0.5) is 0 Å². The first kappa shape index (κ1) is 18.0. The first-order chi connectivity index (χ1) is 10.1. The van der Waals surface area contributed by atoms with Gasteiger partial charge >= 0.3 is 0 Å². The van der Waals surface area contributed by atoms with Crippen molar-refractivity contribution >= 4 is 37.8 Å². The van der Waals surface area contributed by atoms with Crippen LogP contribution in [-0.2, 0) is 11.3 Å². The van der Waals surface area contributed by atoms with Crippen molar-refractivity contribution in [3.05, 3.63) is 26.6 Å². The van der Waals surface area contributed by atoms with Gasteiger partial charge in [-0.05, 0) is 56.1 Å². The van der Waals surface area contributed by atoms with E-state index in [0.29, 0.717) is 12.3 Å². The number of nitrogens with zero attached hydrogens (tertiary/aromatic N) is 1. The van der Waals surface area contributed by atoms with Crippen LogP contribution in [0.1, 0.15) is 18.9 Å². The summed E-state index contributed by atoms with van der Waals surface area (Å²) in [5.41, 5.74) is 1.11. The fraction of sp³-hybridized carbons (Fsp3) is 0.429. The minimum absolute atomic E-state index is 0.0881. The molecule has 0 aliphatic rings. The number of amides is 1. The lowest BCUT2D eigenvalue weighted by molar-refractivity contribution is -0.123. The zero-order valence-corrected chi connectivity index (χ0v) is 14.9. The van der Waals surface area contributed by atoms with Gasteiger partial charge in [0.25, 0.3) is 5.91 Å². The lowest BCUT2D eigenvalue weighted by Crippen LogP contribution is -2.29. The molecule has 2 N–H and O–H groups in total. The molecule has 0 bridgehead atoms. The van der Waals surface area contributed by atoms with E-state index in [1.807, 2.05) is 25.1 Å². The monoisotopic (exact) mass is 417 g/mol. The van der Waals surface area contributed by atoms with Crippen LogP contribution in [0, 0.1) is 11.3 Å². The molecule has 114 valence electrons. The Bertz CT molecular complexity index is 506. The first-order valence-electron chi connectivity index (χ1n) is 6.53. The van der Waals surface area contributed by atoms with Gasteiger partial charge in [0.15, 0.2) is 6.61 Å². The second kappa shape index (κ2) is 9.77. The average molecular weight is 419 g/mol. The number of carbonyl (C=O) groups excluding carboxylic acids is 1. The number of nitriles is 1. The summed E-state index contributed by atoms with van der Waals surface area (Å²) < 4.78 is 7.08. The van der Waals surface area contributed by atoms with E-state index in [9.17, 15) is 4.79 Å². The molecule has 7 heteroatoms. The normalized spacial score (nSPS) is 10.0. The first-order valence-corrected chi connectivity index (χ1v) is 8.12. The van der Waals surface area contributed by atoms with Gasteiger partial charge in [0, 0.05) is 13.1 Å². The summed E-state index contributed by atoms with van der Waals surface area (Å²) in [6.45, 7) is 3.96. The number of ether oxygens (including phenoxy) is 1. The number of hydrogen-bond acceptors (Lipinski definition) is 4. The predicted molar refractivity (Wildman–Crippen MR) is 88.0 cm³/mol. The molecular weight excluding hydrogens is 402 g/mol. The number of nitrogens with one attached hydrogen (secondary N) is 2. The topological polar surface area (TPSA) is 74.2 Å². The molecule has 1 aromatic carbocycles. The van der Waals surface area contributed by atoms with E-state index >= 15 is 0 Å². The molecule has 0 aromatic heterocycles. The van der Waals surface area contributed by atoms with Crippen LogP contribution in [0.15, 0.2) is 21.1 Å². The number of hydrogen-bond donors (Lipinski definition) is 2. The minimum Gasteiger partial charge on any atom is -0.481 e. The molecule has 0 fully saturated rings. The minimum atomic E-state index is -0.249. The largest absolute Gasteiger partial charge is 0.481 e. The third-order valence-corrected chi connectivity index (χ3v) is 3.72. The van der Waals surface area contributed by atoms with Gasteiger partial charge in [-0.2, -0.15) is 5.26 Å². The van der Waals surface area contributed by atoms with E-state index in [2.05, 4.69) is 42.5 Å². The lowest BCUT2D eigenvalue weighted by Gasteiger charge is -2.12. The zero-order chi connectivity index (χ0) is 15.7. The molecule has 0 radical (unpaired) electrons. The molecule has 0 saturated carbocycles. The van der Waals surface area contributed by atoms with Crippen LogP contribution < -0.4 is 15.4 Å². The molecule has 1 rings (SSSR count). The van der Waals surface area contributed by atoms with Gasteiger partial charge in [0.05, 0.1) is 21.4 Å². The second-order valence-electron chi connectivity index (χ2n) is 4.22. The van der Waals surface area contributed by atoms with E-state index in [1.165, 1.54) is 0 Å². The van der Waals surface area contributed by atoms with Crippen molar-refractivity contribution in [2.45, 2.75) is 19.9 Å². The highest BCUT2D eigenvalue weighted by atomic mass is 79.9. The molecule has 21 heavy (non-hydrogen) atoms. The molecule has 0 aliphatic carbocycles. The zero-order valence-electron chi connectivity index (χ0n) is 11.7. The van der Waals surface area contributed by atoms with Crippen molar-refractivity contribution in [2.75, 3.05) is 19.7 Å². The third-order valence-electron chi connectivity index (χ3n) is 2.54. The van der Waals surface area contributed by atoms with E-state index in [1.54, 1.807) is 0 Å². The van der Waals surface area contributed by atoms with Crippen molar-refractivity contribution in [1.29, 1.82) is 5.26 Å². The standard InChI is InChI=1S/C14H17Br2N3O2/c1-2-18-8-10-6-11(15)14(12(16)7-10)21-9-13(20)19-5-3-4-17/h6-7,18H,2-3,5,8-9H2,1H3,(H,19,20). The quantitative estimate of drug-likeness (QED) is 0.636. The van der Waals surface area contributed by atoms with Gasteiger partial charge in [-0.15, -0.1) is 0 Å². The van der Waals surface area contributed by atoms with Gasteiger partial charge < -0.3 is 15.4 Å². The summed E-state index contributed by atoms with van der Waals surface area (Å²) in [5.74, 6) is 0.339. The summed E-state index contributed by atoms with van der Waals surface area (Å²) in [6.07, 6.45) is 0.290. The van der Waals surface area contributed by atoms with Gasteiger partial charge in [-0.1, -0.05) is 6.92 Å². The van der Waals surface area contributed by atoms with Crippen LogP contribution in [-0.4, -0.2) is 25.6 Å². The Morgan fingerprint density at radius 3 is 2.62 bits per heavy atom. The summed E-state index contributed by atoms with van der Waals surface area (Å²) >= 11 is 6.89. The fourth-order valence-corrected chi connectivity index (χ4v) is 3.08. The highest BCUT2D eigenvalue weighted by Crippen LogP contribution is 2.34. The smallest absolute Gasteiger partial charge is 0.257 e. The summed E-state index contributed by atoms with van der Waals surface area (Å²) in [7, 11) is 0. The predicted octanol–water partition coefficient (Wildman–Crippen LogP) is 2.73. The molecule has 0 unspecified atom stereocenters. The average Bonchev–Trinajstić information content (AvgIpc) is 2.44. The van der Waals surface area contributed by atoms with Crippen LogP contribution in [0.2, 0.25) is 0 Å². The maximum absolute atomic E-state index is 11.5. The maximum atomic E-state index is 11.5. The van der Waals surface area contributed by atoms with Crippen LogP contribution in [0.3, 0.4) is 0 Å². The molecular formula is C14H17Br2N3O2. The summed E-state index contributed by atoms with van der Waals surface area (Å²) in [6, 6.07) is 5.87. The second-order valence-corrected chi connectivity index (χ2v) is 5.92. The molecule has 0 spiro atoms. The molecule has 0 atom stereocenters. The highest BCUT2D eigenvalue weighted by molar-refractivity contribution is 9.11. The van der Waals surface area contributed by atoms with E-state index in [4.69, 9.17) is 10.00 Å². The lowest BCUT2D eigenvalue weighted by atomic mass is 10.2. The van der Waals surface area contributed by atoms with Gasteiger partial charge in [0.2, 0.25) is 0 Å². The Morgan fingerprint density at radius 2 is 2.05 bits per heavy atom. The van der Waals surface area contributed by atoms with Crippen molar-refractivity contribution in [2.24, 2.45) is 0 Å². The van der Waals surface area contributed by atoms with Crippen molar-refractivity contribution in [1.82, 2.24) is 10.6 Å². The Hall–Kier alpha value is -1.10. The van der Waals surface area contributed by atoms with Gasteiger partial charge in [0.1, 0.15) is 5.75 Å². The highest BCUT2D eigenvalue weighted by Gasteiger charge is 2.11. The molecule has 0 aliphatic heterocycles. The Morgan fingerprint density at radius 1 is 1.38 bits per heavy atom. The van der Waals surface area contributed by atoms with Crippen LogP contribution in [0.25, 0.3) is 0 Å². The Balaban J connectivity index is 2.59. The fourth-order valence-electron chi connectivity index (χ4n) is 1.57. The number of benzene rings is 1. The number of halogens is 2.